The van der Waals surface area contributed by atoms with E-state index < -0.39 is 0 Å². The lowest BCUT2D eigenvalue weighted by Gasteiger charge is -2.07. The highest BCUT2D eigenvalue weighted by molar-refractivity contribution is 7.00. The van der Waals surface area contributed by atoms with Gasteiger partial charge < -0.3 is 10.1 Å². The molecule has 0 unspecified atom stereocenters. The third-order valence-corrected chi connectivity index (χ3v) is 4.61. The van der Waals surface area contributed by atoms with Crippen LogP contribution in [0.3, 0.4) is 0 Å². The molecule has 0 bridgehead atoms. The fourth-order valence-electron chi connectivity index (χ4n) is 2.61. The summed E-state index contributed by atoms with van der Waals surface area (Å²) < 4.78 is 13.5. The standard InChI is InChI=1S/C19H15N5O2S/c1-26-15-5-2-12(3-6-15)17-9-14(21-11-22-17)10-20-19(25)13-4-7-16-18(8-13)24-27-23-16/h2-9,11H,10H2,1H3,(H,20,25). The zero-order valence-electron chi connectivity index (χ0n) is 14.4. The van der Waals surface area contributed by atoms with E-state index in [-0.39, 0.29) is 5.91 Å². The highest BCUT2D eigenvalue weighted by Gasteiger charge is 2.09. The van der Waals surface area contributed by atoms with E-state index in [4.69, 9.17) is 4.74 Å². The summed E-state index contributed by atoms with van der Waals surface area (Å²) in [4.78, 5) is 20.9. The number of nitrogens with one attached hydrogen (secondary N) is 1. The maximum absolute atomic E-state index is 12.4. The molecular weight excluding hydrogens is 362 g/mol. The number of rotatable bonds is 5. The lowest BCUT2D eigenvalue weighted by molar-refractivity contribution is 0.0950. The Kier molecular flexibility index (Phi) is 4.71. The average Bonchev–Trinajstić information content (AvgIpc) is 3.20. The Morgan fingerprint density at radius 2 is 1.85 bits per heavy atom. The Balaban J connectivity index is 1.46. The van der Waals surface area contributed by atoms with Crippen molar-refractivity contribution < 1.29 is 9.53 Å². The molecule has 4 aromatic rings. The molecule has 0 atom stereocenters. The Hall–Kier alpha value is -3.39. The monoisotopic (exact) mass is 377 g/mol. The van der Waals surface area contributed by atoms with Crippen molar-refractivity contribution in [2.75, 3.05) is 7.11 Å². The minimum Gasteiger partial charge on any atom is -0.497 e. The van der Waals surface area contributed by atoms with Crippen molar-refractivity contribution in [1.82, 2.24) is 24.0 Å². The summed E-state index contributed by atoms with van der Waals surface area (Å²) in [6, 6.07) is 14.7. The highest BCUT2D eigenvalue weighted by atomic mass is 32.1. The number of benzene rings is 2. The van der Waals surface area contributed by atoms with Gasteiger partial charge in [-0.25, -0.2) is 9.97 Å². The summed E-state index contributed by atoms with van der Waals surface area (Å²) in [7, 11) is 1.63. The summed E-state index contributed by atoms with van der Waals surface area (Å²) in [5.41, 5.74) is 4.51. The highest BCUT2D eigenvalue weighted by Crippen LogP contribution is 2.20. The van der Waals surface area contributed by atoms with E-state index in [2.05, 4.69) is 24.0 Å². The Morgan fingerprint density at radius 3 is 2.67 bits per heavy atom. The minimum absolute atomic E-state index is 0.186. The Morgan fingerprint density at radius 1 is 1.04 bits per heavy atom. The fourth-order valence-corrected chi connectivity index (χ4v) is 3.13. The molecule has 4 rings (SSSR count). The molecule has 0 fully saturated rings. The van der Waals surface area contributed by atoms with Crippen molar-refractivity contribution in [3.8, 4) is 17.0 Å². The van der Waals surface area contributed by atoms with Gasteiger partial charge in [0.1, 0.15) is 23.1 Å². The fraction of sp³-hybridized carbons (Fsp3) is 0.105. The molecule has 0 aliphatic rings. The minimum atomic E-state index is -0.186. The Bertz CT molecular complexity index is 1090. The first-order valence-electron chi connectivity index (χ1n) is 8.19. The van der Waals surface area contributed by atoms with Gasteiger partial charge in [0.25, 0.3) is 5.91 Å². The summed E-state index contributed by atoms with van der Waals surface area (Å²) in [6.07, 6.45) is 1.49. The van der Waals surface area contributed by atoms with Gasteiger partial charge in [-0.05, 0) is 48.5 Å². The number of methoxy groups -OCH3 is 1. The molecule has 0 saturated heterocycles. The Labute approximate surface area is 159 Å². The van der Waals surface area contributed by atoms with Crippen molar-refractivity contribution in [3.63, 3.8) is 0 Å². The molecule has 134 valence electrons. The molecule has 0 aliphatic carbocycles. The van der Waals surface area contributed by atoms with Crippen LogP contribution in [0.4, 0.5) is 0 Å². The van der Waals surface area contributed by atoms with Crippen LogP contribution in [0.15, 0.2) is 54.9 Å². The van der Waals surface area contributed by atoms with Crippen LogP contribution in [0.1, 0.15) is 16.1 Å². The second-order valence-corrected chi connectivity index (χ2v) is 6.30. The molecule has 1 amide bonds. The molecule has 0 spiro atoms. The van der Waals surface area contributed by atoms with Gasteiger partial charge in [0, 0.05) is 11.1 Å². The van der Waals surface area contributed by atoms with Crippen LogP contribution in [-0.2, 0) is 6.54 Å². The number of hydrogen-bond acceptors (Lipinski definition) is 7. The number of carbonyl (C=O) groups excluding carboxylic acids is 1. The van der Waals surface area contributed by atoms with Crippen molar-refractivity contribution in [3.05, 3.63) is 66.1 Å². The van der Waals surface area contributed by atoms with Crippen LogP contribution in [-0.4, -0.2) is 31.7 Å². The quantitative estimate of drug-likeness (QED) is 0.575. The normalized spacial score (nSPS) is 10.7. The third-order valence-electron chi connectivity index (χ3n) is 4.06. The maximum Gasteiger partial charge on any atom is 0.251 e. The summed E-state index contributed by atoms with van der Waals surface area (Å²) in [6.45, 7) is 0.303. The molecule has 2 aromatic carbocycles. The van der Waals surface area contributed by atoms with E-state index >= 15 is 0 Å². The van der Waals surface area contributed by atoms with E-state index in [1.54, 1.807) is 25.3 Å². The predicted molar refractivity (Wildman–Crippen MR) is 103 cm³/mol. The zero-order valence-corrected chi connectivity index (χ0v) is 15.2. The van der Waals surface area contributed by atoms with E-state index in [0.29, 0.717) is 12.1 Å². The molecule has 7 nitrogen and oxygen atoms in total. The molecule has 2 aromatic heterocycles. The number of carbonyl (C=O) groups is 1. The maximum atomic E-state index is 12.4. The predicted octanol–water partition coefficient (Wildman–Crippen LogP) is 3.09. The van der Waals surface area contributed by atoms with Gasteiger partial charge in [0.05, 0.1) is 36.8 Å². The first-order valence-corrected chi connectivity index (χ1v) is 8.92. The smallest absolute Gasteiger partial charge is 0.251 e. The summed E-state index contributed by atoms with van der Waals surface area (Å²) in [5.74, 6) is 0.599. The lowest BCUT2D eigenvalue weighted by Crippen LogP contribution is -2.23. The van der Waals surface area contributed by atoms with E-state index in [1.807, 2.05) is 30.3 Å². The molecule has 0 radical (unpaired) electrons. The van der Waals surface area contributed by atoms with Crippen LogP contribution in [0.25, 0.3) is 22.3 Å². The van der Waals surface area contributed by atoms with E-state index in [9.17, 15) is 4.79 Å². The number of ether oxygens (including phenoxy) is 1. The van der Waals surface area contributed by atoms with Crippen molar-refractivity contribution in [1.29, 1.82) is 0 Å². The van der Waals surface area contributed by atoms with Crippen molar-refractivity contribution in [2.24, 2.45) is 0 Å². The van der Waals surface area contributed by atoms with Crippen LogP contribution < -0.4 is 10.1 Å². The molecule has 27 heavy (non-hydrogen) atoms. The molecule has 0 aliphatic heterocycles. The number of aromatic nitrogens is 4. The zero-order chi connectivity index (χ0) is 18.6. The number of amides is 1. The molecule has 8 heteroatoms. The van der Waals surface area contributed by atoms with E-state index in [1.165, 1.54) is 6.33 Å². The van der Waals surface area contributed by atoms with Crippen molar-refractivity contribution >= 4 is 28.7 Å². The van der Waals surface area contributed by atoms with Gasteiger partial charge in [-0.15, -0.1) is 0 Å². The van der Waals surface area contributed by atoms with E-state index in [0.717, 1.165) is 45.5 Å². The number of nitrogens with zero attached hydrogens (tertiary/aromatic N) is 4. The van der Waals surface area contributed by atoms with Crippen LogP contribution in [0.2, 0.25) is 0 Å². The van der Waals surface area contributed by atoms with Crippen LogP contribution >= 0.6 is 11.7 Å². The average molecular weight is 377 g/mol. The largest absolute Gasteiger partial charge is 0.497 e. The third kappa shape index (κ3) is 3.75. The second kappa shape index (κ2) is 7.46. The molecule has 0 saturated carbocycles. The van der Waals surface area contributed by atoms with Gasteiger partial charge in [-0.2, -0.15) is 8.75 Å². The van der Waals surface area contributed by atoms with Gasteiger partial charge in [0.15, 0.2) is 0 Å². The van der Waals surface area contributed by atoms with Gasteiger partial charge in [0.2, 0.25) is 0 Å². The lowest BCUT2D eigenvalue weighted by atomic mass is 10.1. The van der Waals surface area contributed by atoms with Crippen LogP contribution in [0.5, 0.6) is 5.75 Å². The SMILES string of the molecule is COc1ccc(-c2cc(CNC(=O)c3ccc4nsnc4c3)ncn2)cc1. The first-order chi connectivity index (χ1) is 13.2. The first kappa shape index (κ1) is 17.0. The number of fused-ring (bicyclic) bond motifs is 1. The summed E-state index contributed by atoms with van der Waals surface area (Å²) in [5, 5.41) is 2.88. The molecule has 2 heterocycles. The topological polar surface area (TPSA) is 89.9 Å². The molecular formula is C19H15N5O2S. The van der Waals surface area contributed by atoms with Gasteiger partial charge in [-0.1, -0.05) is 0 Å². The van der Waals surface area contributed by atoms with Gasteiger partial charge >= 0.3 is 0 Å². The van der Waals surface area contributed by atoms with Crippen molar-refractivity contribution in [2.45, 2.75) is 6.54 Å². The second-order valence-electron chi connectivity index (χ2n) is 5.77. The van der Waals surface area contributed by atoms with Gasteiger partial charge in [-0.3, -0.25) is 4.79 Å². The molecule has 1 N–H and O–H groups in total. The summed E-state index contributed by atoms with van der Waals surface area (Å²) >= 11 is 1.13. The van der Waals surface area contributed by atoms with Crippen LogP contribution in [0, 0.1) is 0 Å². The number of hydrogen-bond donors (Lipinski definition) is 1.